The van der Waals surface area contributed by atoms with Crippen molar-refractivity contribution in [2.75, 3.05) is 0 Å². The van der Waals surface area contributed by atoms with Crippen molar-refractivity contribution in [2.24, 2.45) is 0 Å². The van der Waals surface area contributed by atoms with E-state index in [1.165, 1.54) is 16.4 Å². The maximum Gasteiger partial charge on any atom is 0.284 e. The number of nitrogens with one attached hydrogen (secondary N) is 1. The predicted molar refractivity (Wildman–Crippen MR) is 118 cm³/mol. The minimum Gasteiger partial charge on any atom is -0.353 e. The van der Waals surface area contributed by atoms with Crippen LogP contribution in [0.2, 0.25) is 0 Å². The van der Waals surface area contributed by atoms with E-state index in [1.54, 1.807) is 0 Å². The van der Waals surface area contributed by atoms with Gasteiger partial charge in [-0.05, 0) is 52.2 Å². The standard InChI is InChI=1S/C22H27N5O2S/c1-14(2)23-20(28)15(3)30-22-24-19-18(17-12-8-5-9-13-26(17)22)21(29)27(25-19)16-10-6-4-7-11-16/h4,6-7,10-11,14-15H,5,8-9,12-13H2,1-3H3,(H,23,28). The number of para-hydroxylation sites is 1. The van der Waals surface area contributed by atoms with Crippen molar-refractivity contribution in [3.8, 4) is 17.1 Å². The Bertz CT molecular complexity index is 1070. The highest BCUT2D eigenvalue weighted by molar-refractivity contribution is 8.00. The van der Waals surface area contributed by atoms with Gasteiger partial charge in [0.1, 0.15) is 5.56 Å². The molecule has 7 nitrogen and oxygen atoms in total. The molecule has 0 fully saturated rings. The number of hydrogen-bond acceptors (Lipinski definition) is 5. The number of fused-ring (bicyclic) bond motifs is 3. The first kappa shape index (κ1) is 20.7. The summed E-state index contributed by atoms with van der Waals surface area (Å²) in [4.78, 5) is 30.5. The van der Waals surface area contributed by atoms with Crippen LogP contribution in [0.4, 0.5) is 0 Å². The molecule has 158 valence electrons. The van der Waals surface area contributed by atoms with Gasteiger partial charge in [0.2, 0.25) is 5.91 Å². The van der Waals surface area contributed by atoms with Gasteiger partial charge in [-0.15, -0.1) is 5.10 Å². The summed E-state index contributed by atoms with van der Waals surface area (Å²) in [6, 6.07) is 9.51. The summed E-state index contributed by atoms with van der Waals surface area (Å²) < 4.78 is 3.57. The third-order valence-corrected chi connectivity index (χ3v) is 6.34. The van der Waals surface area contributed by atoms with Crippen molar-refractivity contribution in [2.45, 2.75) is 69.4 Å². The number of carbonyl (C=O) groups excluding carboxylic acids is 1. The SMILES string of the molecule is CC(C)NC(=O)C(C)Sc1nc2nn(-c3ccccc3)c(=O)c-2c2n1CCCCC2. The van der Waals surface area contributed by atoms with Gasteiger partial charge in [0, 0.05) is 18.3 Å². The average Bonchev–Trinajstić information content (AvgIpc) is 2.89. The second-order valence-corrected chi connectivity index (χ2v) is 9.29. The Morgan fingerprint density at radius 3 is 2.63 bits per heavy atom. The topological polar surface area (TPSA) is 81.8 Å². The third kappa shape index (κ3) is 4.01. The molecule has 4 rings (SSSR count). The lowest BCUT2D eigenvalue weighted by atomic mass is 10.1. The smallest absolute Gasteiger partial charge is 0.284 e. The highest BCUT2D eigenvalue weighted by atomic mass is 32.2. The maximum absolute atomic E-state index is 13.3. The number of benzene rings is 1. The lowest BCUT2D eigenvalue weighted by Crippen LogP contribution is -2.36. The van der Waals surface area contributed by atoms with E-state index >= 15 is 0 Å². The van der Waals surface area contributed by atoms with Crippen molar-refractivity contribution in [1.82, 2.24) is 24.6 Å². The van der Waals surface area contributed by atoms with Gasteiger partial charge in [-0.3, -0.25) is 9.59 Å². The number of thioether (sulfide) groups is 1. The molecule has 0 aliphatic carbocycles. The van der Waals surface area contributed by atoms with E-state index in [0.717, 1.165) is 48.8 Å². The summed E-state index contributed by atoms with van der Waals surface area (Å²) in [6.45, 7) is 6.59. The summed E-state index contributed by atoms with van der Waals surface area (Å²) in [6.07, 6.45) is 3.99. The molecule has 0 spiro atoms. The van der Waals surface area contributed by atoms with E-state index < -0.39 is 0 Å². The fraction of sp³-hybridized carbons (Fsp3) is 0.455. The van der Waals surface area contributed by atoms with E-state index in [2.05, 4.69) is 15.0 Å². The fourth-order valence-corrected chi connectivity index (χ4v) is 4.76. The molecule has 30 heavy (non-hydrogen) atoms. The van der Waals surface area contributed by atoms with Gasteiger partial charge < -0.3 is 9.88 Å². The monoisotopic (exact) mass is 425 g/mol. The molecule has 0 aromatic heterocycles. The van der Waals surface area contributed by atoms with Gasteiger partial charge in [-0.1, -0.05) is 36.4 Å². The summed E-state index contributed by atoms with van der Waals surface area (Å²) >= 11 is 1.43. The first-order valence-corrected chi connectivity index (χ1v) is 11.4. The van der Waals surface area contributed by atoms with E-state index in [-0.39, 0.29) is 22.8 Å². The Hall–Kier alpha value is -2.61. The Labute approximate surface area is 180 Å². The number of hydrogen-bond donors (Lipinski definition) is 1. The van der Waals surface area contributed by atoms with Crippen LogP contribution in [-0.2, 0) is 17.8 Å². The first-order chi connectivity index (χ1) is 14.5. The van der Waals surface area contributed by atoms with Gasteiger partial charge in [-0.25, -0.2) is 4.98 Å². The zero-order valence-corrected chi connectivity index (χ0v) is 18.4. The molecule has 0 bridgehead atoms. The van der Waals surface area contributed by atoms with Crippen LogP contribution in [0.3, 0.4) is 0 Å². The van der Waals surface area contributed by atoms with E-state index in [1.807, 2.05) is 51.1 Å². The van der Waals surface area contributed by atoms with Crippen LogP contribution < -0.4 is 10.9 Å². The van der Waals surface area contributed by atoms with E-state index in [9.17, 15) is 9.59 Å². The van der Waals surface area contributed by atoms with Crippen LogP contribution >= 0.6 is 11.8 Å². The molecule has 0 radical (unpaired) electrons. The van der Waals surface area contributed by atoms with Crippen LogP contribution in [0, 0.1) is 0 Å². The van der Waals surface area contributed by atoms with Crippen LogP contribution in [0.5, 0.6) is 0 Å². The Kier molecular flexibility index (Phi) is 5.94. The summed E-state index contributed by atoms with van der Waals surface area (Å²) in [5, 5.41) is 7.97. The number of rotatable bonds is 5. The Morgan fingerprint density at radius 1 is 1.13 bits per heavy atom. The average molecular weight is 426 g/mol. The minimum absolute atomic E-state index is 0.0146. The van der Waals surface area contributed by atoms with Crippen LogP contribution in [-0.4, -0.2) is 36.5 Å². The highest BCUT2D eigenvalue weighted by Gasteiger charge is 2.28. The maximum atomic E-state index is 13.3. The summed E-state index contributed by atoms with van der Waals surface area (Å²) in [5.74, 6) is 0.440. The van der Waals surface area contributed by atoms with Crippen LogP contribution in [0.1, 0.15) is 45.7 Å². The lowest BCUT2D eigenvalue weighted by molar-refractivity contribution is -0.120. The molecule has 1 aromatic carbocycles. The molecule has 1 unspecified atom stereocenters. The van der Waals surface area contributed by atoms with Crippen molar-refractivity contribution < 1.29 is 4.79 Å². The minimum atomic E-state index is -0.292. The third-order valence-electron chi connectivity index (χ3n) is 5.25. The molecule has 8 heteroatoms. The summed E-state index contributed by atoms with van der Waals surface area (Å²) in [5.41, 5.74) is 2.19. The number of aromatic nitrogens is 4. The van der Waals surface area contributed by atoms with Crippen molar-refractivity contribution in [3.63, 3.8) is 0 Å². The van der Waals surface area contributed by atoms with Crippen LogP contribution in [0.15, 0.2) is 40.3 Å². The van der Waals surface area contributed by atoms with Gasteiger partial charge >= 0.3 is 0 Å². The Morgan fingerprint density at radius 2 is 1.90 bits per heavy atom. The normalized spacial score (nSPS) is 15.1. The molecule has 1 N–H and O–H groups in total. The second kappa shape index (κ2) is 8.63. The number of carbonyl (C=O) groups is 1. The molecular weight excluding hydrogens is 398 g/mol. The largest absolute Gasteiger partial charge is 0.353 e. The van der Waals surface area contributed by atoms with Crippen LogP contribution in [0.25, 0.3) is 17.1 Å². The molecule has 1 aromatic rings. The molecule has 0 saturated carbocycles. The highest BCUT2D eigenvalue weighted by Crippen LogP contribution is 2.32. The van der Waals surface area contributed by atoms with Gasteiger partial charge in [0.25, 0.3) is 5.56 Å². The molecule has 3 heterocycles. The molecule has 3 aliphatic rings. The van der Waals surface area contributed by atoms with Crippen molar-refractivity contribution in [3.05, 3.63) is 46.4 Å². The molecule has 0 saturated heterocycles. The quantitative estimate of drug-likeness (QED) is 0.501. The lowest BCUT2D eigenvalue weighted by Gasteiger charge is -2.20. The fourth-order valence-electron chi connectivity index (χ4n) is 3.80. The van der Waals surface area contributed by atoms with Crippen molar-refractivity contribution in [1.29, 1.82) is 0 Å². The van der Waals surface area contributed by atoms with Gasteiger partial charge in [0.05, 0.1) is 10.9 Å². The zero-order valence-electron chi connectivity index (χ0n) is 17.6. The van der Waals surface area contributed by atoms with Gasteiger partial charge in [0.15, 0.2) is 11.0 Å². The van der Waals surface area contributed by atoms with E-state index in [4.69, 9.17) is 4.98 Å². The van der Waals surface area contributed by atoms with Crippen molar-refractivity contribution >= 4 is 17.7 Å². The van der Waals surface area contributed by atoms with E-state index in [0.29, 0.717) is 11.4 Å². The number of nitrogens with zero attached hydrogens (tertiary/aromatic N) is 4. The Balaban J connectivity index is 1.82. The second-order valence-electron chi connectivity index (χ2n) is 7.98. The van der Waals surface area contributed by atoms with Gasteiger partial charge in [-0.2, -0.15) is 4.68 Å². The molecule has 1 amide bonds. The molecule has 1 atom stereocenters. The first-order valence-electron chi connectivity index (χ1n) is 10.5. The molecular formula is C22H27N5O2S. The number of amides is 1. The molecule has 3 aliphatic heterocycles. The zero-order chi connectivity index (χ0) is 21.3. The summed E-state index contributed by atoms with van der Waals surface area (Å²) in [7, 11) is 0. The predicted octanol–water partition coefficient (Wildman–Crippen LogP) is 3.27.